The van der Waals surface area contributed by atoms with Crippen molar-refractivity contribution in [2.24, 2.45) is 0 Å². The summed E-state index contributed by atoms with van der Waals surface area (Å²) < 4.78 is 1.89. The van der Waals surface area contributed by atoms with Crippen molar-refractivity contribution in [3.05, 3.63) is 42.6 Å². The van der Waals surface area contributed by atoms with E-state index in [4.69, 9.17) is 0 Å². The third-order valence-corrected chi connectivity index (χ3v) is 3.86. The molecule has 126 valence electrons. The van der Waals surface area contributed by atoms with Crippen LogP contribution in [0, 0.1) is 0 Å². The Balaban J connectivity index is 1.90. The minimum Gasteiger partial charge on any atom is -0.386 e. The Labute approximate surface area is 141 Å². The van der Waals surface area contributed by atoms with Crippen LogP contribution < -0.4 is 4.90 Å². The fourth-order valence-electron chi connectivity index (χ4n) is 2.65. The Hall–Kier alpha value is -2.54. The van der Waals surface area contributed by atoms with Crippen LogP contribution in [0.15, 0.2) is 37.1 Å². The molecule has 1 N–H and O–H groups in total. The number of hydrogen-bond donors (Lipinski definition) is 1. The van der Waals surface area contributed by atoms with Gasteiger partial charge in [-0.1, -0.05) is 6.07 Å². The van der Waals surface area contributed by atoms with E-state index in [0.717, 1.165) is 22.4 Å². The number of hydrogen-bond acceptors (Lipinski definition) is 6. The van der Waals surface area contributed by atoms with Gasteiger partial charge in [0.2, 0.25) is 0 Å². The van der Waals surface area contributed by atoms with Crippen LogP contribution in [0.5, 0.6) is 0 Å². The highest BCUT2D eigenvalue weighted by Crippen LogP contribution is 2.26. The lowest BCUT2D eigenvalue weighted by molar-refractivity contribution is 0.184. The van der Waals surface area contributed by atoms with Crippen molar-refractivity contribution in [2.45, 2.75) is 32.4 Å². The second-order valence-corrected chi connectivity index (χ2v) is 6.84. The average molecular weight is 326 g/mol. The van der Waals surface area contributed by atoms with Crippen molar-refractivity contribution < 1.29 is 5.11 Å². The first-order chi connectivity index (χ1) is 11.4. The average Bonchev–Trinajstić information content (AvgIpc) is 2.99. The maximum absolute atomic E-state index is 10.4. The quantitative estimate of drug-likeness (QED) is 0.791. The van der Waals surface area contributed by atoms with Crippen LogP contribution in [0.2, 0.25) is 0 Å². The van der Waals surface area contributed by atoms with Crippen LogP contribution in [-0.4, -0.2) is 43.4 Å². The smallest absolute Gasteiger partial charge is 0.163 e. The normalized spacial score (nSPS) is 13.2. The molecule has 3 heterocycles. The maximum atomic E-state index is 10.4. The van der Waals surface area contributed by atoms with Gasteiger partial charge in [0.05, 0.1) is 23.2 Å². The number of pyridine rings is 1. The van der Waals surface area contributed by atoms with Crippen LogP contribution in [0.4, 0.5) is 5.82 Å². The second-order valence-electron chi connectivity index (χ2n) is 6.84. The Morgan fingerprint density at radius 3 is 2.71 bits per heavy atom. The van der Waals surface area contributed by atoms with Gasteiger partial charge < -0.3 is 10.0 Å². The molecule has 0 bridgehead atoms. The van der Waals surface area contributed by atoms with Gasteiger partial charge in [0.1, 0.15) is 12.1 Å². The zero-order valence-corrected chi connectivity index (χ0v) is 14.4. The van der Waals surface area contributed by atoms with Crippen molar-refractivity contribution in [3.8, 4) is 0 Å². The van der Waals surface area contributed by atoms with Gasteiger partial charge in [0.25, 0.3) is 0 Å². The van der Waals surface area contributed by atoms with E-state index in [1.807, 2.05) is 28.8 Å². The fourth-order valence-corrected chi connectivity index (χ4v) is 2.65. The number of rotatable bonds is 4. The van der Waals surface area contributed by atoms with Gasteiger partial charge in [-0.2, -0.15) is 5.10 Å². The molecule has 7 heteroatoms. The van der Waals surface area contributed by atoms with Gasteiger partial charge in [0.15, 0.2) is 5.65 Å². The summed E-state index contributed by atoms with van der Waals surface area (Å²) in [4.78, 5) is 14.7. The lowest BCUT2D eigenvalue weighted by Crippen LogP contribution is -2.26. The number of aliphatic hydroxyl groups is 1. The molecule has 0 saturated heterocycles. The zero-order chi connectivity index (χ0) is 17.3. The molecule has 3 aromatic heterocycles. The van der Waals surface area contributed by atoms with Crippen molar-refractivity contribution in [3.63, 3.8) is 0 Å². The summed E-state index contributed by atoms with van der Waals surface area (Å²) in [6.45, 7) is 6.64. The highest BCUT2D eigenvalue weighted by Gasteiger charge is 2.21. The largest absolute Gasteiger partial charge is 0.386 e. The number of fused-ring (bicyclic) bond motifs is 1. The van der Waals surface area contributed by atoms with Crippen LogP contribution in [-0.2, 0) is 5.54 Å². The lowest BCUT2D eigenvalue weighted by atomic mass is 10.1. The van der Waals surface area contributed by atoms with Crippen LogP contribution >= 0.6 is 0 Å². The SMILES string of the molecule is CN(CC(O)c1cccnc1)c1ncnc2c1cnn2C(C)(C)C. The number of anilines is 1. The molecule has 24 heavy (non-hydrogen) atoms. The monoisotopic (exact) mass is 326 g/mol. The molecular formula is C17H22N6O. The zero-order valence-electron chi connectivity index (χ0n) is 14.4. The van der Waals surface area contributed by atoms with Crippen molar-refractivity contribution >= 4 is 16.9 Å². The third-order valence-electron chi connectivity index (χ3n) is 3.86. The first kappa shape index (κ1) is 16.3. The van der Waals surface area contributed by atoms with E-state index in [1.54, 1.807) is 18.6 Å². The molecule has 3 rings (SSSR count). The van der Waals surface area contributed by atoms with Crippen molar-refractivity contribution in [1.29, 1.82) is 0 Å². The van der Waals surface area contributed by atoms with E-state index in [0.29, 0.717) is 6.54 Å². The Bertz CT molecular complexity index is 824. The van der Waals surface area contributed by atoms with E-state index in [9.17, 15) is 5.11 Å². The van der Waals surface area contributed by atoms with Gasteiger partial charge in [0, 0.05) is 31.5 Å². The number of likely N-dealkylation sites (N-methyl/N-ethyl adjacent to an activating group) is 1. The molecule has 0 fully saturated rings. The highest BCUT2D eigenvalue weighted by atomic mass is 16.3. The van der Waals surface area contributed by atoms with Gasteiger partial charge >= 0.3 is 0 Å². The molecule has 0 radical (unpaired) electrons. The molecule has 0 aliphatic heterocycles. The molecule has 0 amide bonds. The van der Waals surface area contributed by atoms with Crippen LogP contribution in [0.25, 0.3) is 11.0 Å². The molecular weight excluding hydrogens is 304 g/mol. The highest BCUT2D eigenvalue weighted by molar-refractivity contribution is 5.86. The van der Waals surface area contributed by atoms with Gasteiger partial charge in [-0.15, -0.1) is 0 Å². The van der Waals surface area contributed by atoms with Gasteiger partial charge in [-0.25, -0.2) is 14.6 Å². The lowest BCUT2D eigenvalue weighted by Gasteiger charge is -2.23. The van der Waals surface area contributed by atoms with Gasteiger partial charge in [-0.3, -0.25) is 4.98 Å². The second kappa shape index (κ2) is 6.16. The summed E-state index contributed by atoms with van der Waals surface area (Å²) >= 11 is 0. The fraction of sp³-hybridized carbons (Fsp3) is 0.412. The number of aromatic nitrogens is 5. The molecule has 1 atom stereocenters. The van der Waals surface area contributed by atoms with E-state index in [-0.39, 0.29) is 5.54 Å². The van der Waals surface area contributed by atoms with E-state index in [1.165, 1.54) is 6.33 Å². The Morgan fingerprint density at radius 2 is 2.04 bits per heavy atom. The minimum absolute atomic E-state index is 0.166. The number of nitrogens with zero attached hydrogens (tertiary/aromatic N) is 6. The molecule has 0 aliphatic rings. The van der Waals surface area contributed by atoms with Crippen LogP contribution in [0.3, 0.4) is 0 Å². The Kier molecular flexibility index (Phi) is 4.19. The third kappa shape index (κ3) is 3.07. The van der Waals surface area contributed by atoms with Crippen LogP contribution in [0.1, 0.15) is 32.4 Å². The van der Waals surface area contributed by atoms with E-state index < -0.39 is 6.10 Å². The molecule has 0 aromatic carbocycles. The molecule has 0 aliphatic carbocycles. The molecule has 1 unspecified atom stereocenters. The molecule has 0 spiro atoms. The summed E-state index contributed by atoms with van der Waals surface area (Å²) in [6.07, 6.45) is 6.03. The predicted octanol–water partition coefficient (Wildman–Crippen LogP) is 2.15. The first-order valence-electron chi connectivity index (χ1n) is 7.86. The minimum atomic E-state index is -0.647. The van der Waals surface area contributed by atoms with E-state index >= 15 is 0 Å². The summed E-state index contributed by atoms with van der Waals surface area (Å²) in [6, 6.07) is 3.67. The predicted molar refractivity (Wildman–Crippen MR) is 92.8 cm³/mol. The van der Waals surface area contributed by atoms with Crippen molar-refractivity contribution in [2.75, 3.05) is 18.5 Å². The Morgan fingerprint density at radius 1 is 1.25 bits per heavy atom. The standard InChI is InChI=1S/C17H22N6O/c1-17(2,3)23-16-13(9-21-23)15(19-11-20-16)22(4)10-14(24)12-6-5-7-18-8-12/h5-9,11,14,24H,10H2,1-4H3. The van der Waals surface area contributed by atoms with Gasteiger partial charge in [-0.05, 0) is 26.8 Å². The maximum Gasteiger partial charge on any atom is 0.163 e. The summed E-state index contributed by atoms with van der Waals surface area (Å²) in [5, 5.41) is 15.7. The topological polar surface area (TPSA) is 80.0 Å². The summed E-state index contributed by atoms with van der Waals surface area (Å²) in [5.74, 6) is 0.749. The van der Waals surface area contributed by atoms with Crippen molar-refractivity contribution in [1.82, 2.24) is 24.7 Å². The summed E-state index contributed by atoms with van der Waals surface area (Å²) in [5.41, 5.74) is 1.40. The first-order valence-corrected chi connectivity index (χ1v) is 7.86. The number of aliphatic hydroxyl groups excluding tert-OH is 1. The molecule has 3 aromatic rings. The molecule has 0 saturated carbocycles. The molecule has 7 nitrogen and oxygen atoms in total. The van der Waals surface area contributed by atoms with E-state index in [2.05, 4.69) is 40.8 Å². The summed E-state index contributed by atoms with van der Waals surface area (Å²) in [7, 11) is 1.90.